The third-order valence-corrected chi connectivity index (χ3v) is 6.90. The molecule has 0 radical (unpaired) electrons. The molecule has 0 aliphatic carbocycles. The van der Waals surface area contributed by atoms with Gasteiger partial charge in [0.25, 0.3) is 0 Å². The fourth-order valence-corrected chi connectivity index (χ4v) is 4.88. The molecule has 2 rings (SSSR count). The predicted octanol–water partition coefficient (Wildman–Crippen LogP) is 3.76. The van der Waals surface area contributed by atoms with Gasteiger partial charge >= 0.3 is 5.97 Å². The molecule has 0 saturated carbocycles. The van der Waals surface area contributed by atoms with Gasteiger partial charge in [0.15, 0.2) is 5.79 Å². The summed E-state index contributed by atoms with van der Waals surface area (Å²) in [5.41, 5.74) is 0.284. The molecular weight excluding hydrogens is 436 g/mol. The van der Waals surface area contributed by atoms with Gasteiger partial charge in [0.2, 0.25) is 0 Å². The highest BCUT2D eigenvalue weighted by atomic mass is 16.6. The van der Waals surface area contributed by atoms with Crippen LogP contribution in [0, 0.1) is 11.3 Å². The number of aliphatic hydroxyl groups excluding tert-OH is 2. The molecule has 1 saturated heterocycles. The van der Waals surface area contributed by atoms with E-state index in [0.29, 0.717) is 30.4 Å². The second-order valence-corrected chi connectivity index (χ2v) is 10.5. The number of allylic oxidation sites excluding steroid dienone is 3. The molecule has 2 bridgehead atoms. The Bertz CT molecular complexity index is 825. The van der Waals surface area contributed by atoms with Gasteiger partial charge in [0, 0.05) is 25.2 Å². The second-order valence-electron chi connectivity index (χ2n) is 10.5. The third kappa shape index (κ3) is 7.35. The van der Waals surface area contributed by atoms with Gasteiger partial charge in [0.1, 0.15) is 11.9 Å². The van der Waals surface area contributed by atoms with Crippen molar-refractivity contribution in [1.29, 1.82) is 0 Å². The zero-order valence-electron chi connectivity index (χ0n) is 21.4. The molecule has 0 aromatic carbocycles. The summed E-state index contributed by atoms with van der Waals surface area (Å²) in [6.07, 6.45) is 5.90. The summed E-state index contributed by atoms with van der Waals surface area (Å²) in [5.74, 6) is -3.10. The Labute approximate surface area is 203 Å². The molecule has 2 aliphatic rings. The minimum atomic E-state index is -1.85. The fraction of sp³-hybridized carbons (Fsp3) is 0.704. The van der Waals surface area contributed by atoms with E-state index in [1.807, 2.05) is 25.2 Å². The van der Waals surface area contributed by atoms with Gasteiger partial charge in [-0.3, -0.25) is 9.59 Å². The third-order valence-electron chi connectivity index (χ3n) is 6.90. The highest BCUT2D eigenvalue weighted by molar-refractivity contribution is 5.88. The summed E-state index contributed by atoms with van der Waals surface area (Å²) in [6, 6.07) is 0. The van der Waals surface area contributed by atoms with E-state index < -0.39 is 53.9 Å². The maximum absolute atomic E-state index is 13.3. The molecule has 34 heavy (non-hydrogen) atoms. The molecule has 0 unspecified atom stereocenters. The van der Waals surface area contributed by atoms with Crippen molar-refractivity contribution in [2.24, 2.45) is 11.3 Å². The Morgan fingerprint density at radius 2 is 1.85 bits per heavy atom. The average Bonchev–Trinajstić information content (AvgIpc) is 2.74. The summed E-state index contributed by atoms with van der Waals surface area (Å²) in [4.78, 5) is 26.1. The van der Waals surface area contributed by atoms with Gasteiger partial charge in [-0.25, -0.2) is 0 Å². The Morgan fingerprint density at radius 3 is 2.50 bits per heavy atom. The van der Waals surface area contributed by atoms with Crippen molar-refractivity contribution in [3.63, 3.8) is 0 Å². The Balaban J connectivity index is 2.44. The van der Waals surface area contributed by atoms with Crippen molar-refractivity contribution in [3.8, 4) is 0 Å². The summed E-state index contributed by atoms with van der Waals surface area (Å²) in [6.45, 7) is 10.7. The highest BCUT2D eigenvalue weighted by Gasteiger charge is 2.43. The Kier molecular flexibility index (Phi) is 9.83. The van der Waals surface area contributed by atoms with E-state index in [9.17, 15) is 24.9 Å². The quantitative estimate of drug-likeness (QED) is 0.418. The monoisotopic (exact) mass is 478 g/mol. The van der Waals surface area contributed by atoms with Gasteiger partial charge in [-0.15, -0.1) is 0 Å². The van der Waals surface area contributed by atoms with Crippen molar-refractivity contribution >= 4 is 11.8 Å². The van der Waals surface area contributed by atoms with Crippen molar-refractivity contribution in [2.75, 3.05) is 0 Å². The molecule has 6 atom stereocenters. The van der Waals surface area contributed by atoms with E-state index in [1.165, 1.54) is 0 Å². The average molecular weight is 479 g/mol. The van der Waals surface area contributed by atoms with Crippen LogP contribution in [0.15, 0.2) is 35.5 Å². The lowest BCUT2D eigenvalue weighted by molar-refractivity contribution is -0.267. The number of Topliss-reactive ketones (excluding diaryl/α,β-unsaturated/α-hetero) is 1. The molecule has 7 heteroatoms. The maximum Gasteiger partial charge on any atom is 0.311 e. The van der Waals surface area contributed by atoms with Gasteiger partial charge < -0.3 is 24.8 Å². The van der Waals surface area contributed by atoms with Crippen molar-refractivity contribution < 1.29 is 34.4 Å². The number of carbonyl (C=O) groups is 2. The number of ketones is 1. The molecule has 7 nitrogen and oxygen atoms in total. The molecule has 192 valence electrons. The Hall–Kier alpha value is -1.80. The molecule has 0 amide bonds. The number of fused-ring (bicyclic) bond motifs is 2. The molecule has 2 aliphatic heterocycles. The van der Waals surface area contributed by atoms with Crippen LogP contribution in [0.1, 0.15) is 80.1 Å². The first-order valence-corrected chi connectivity index (χ1v) is 12.2. The number of esters is 1. The lowest BCUT2D eigenvalue weighted by Gasteiger charge is -2.40. The van der Waals surface area contributed by atoms with Crippen LogP contribution in [-0.2, 0) is 19.1 Å². The van der Waals surface area contributed by atoms with Crippen molar-refractivity contribution in [1.82, 2.24) is 0 Å². The van der Waals surface area contributed by atoms with Crippen LogP contribution in [0.3, 0.4) is 0 Å². The lowest BCUT2D eigenvalue weighted by Crippen LogP contribution is -2.48. The molecule has 0 aromatic heterocycles. The first-order chi connectivity index (χ1) is 15.8. The summed E-state index contributed by atoms with van der Waals surface area (Å²) in [5, 5.41) is 32.4. The minimum Gasteiger partial charge on any atom is -0.462 e. The predicted molar refractivity (Wildman–Crippen MR) is 130 cm³/mol. The van der Waals surface area contributed by atoms with Gasteiger partial charge in [0.05, 0.1) is 30.1 Å². The van der Waals surface area contributed by atoms with Gasteiger partial charge in [-0.1, -0.05) is 45.1 Å². The molecule has 1 fully saturated rings. The molecule has 3 N–H and O–H groups in total. The minimum absolute atomic E-state index is 0.0954. The van der Waals surface area contributed by atoms with E-state index in [-0.39, 0.29) is 18.6 Å². The zero-order chi connectivity index (χ0) is 25.7. The van der Waals surface area contributed by atoms with Gasteiger partial charge in [-0.2, -0.15) is 0 Å². The first kappa shape index (κ1) is 28.4. The van der Waals surface area contributed by atoms with Crippen molar-refractivity contribution in [3.05, 3.63) is 35.5 Å². The summed E-state index contributed by atoms with van der Waals surface area (Å²) >= 11 is 0. The second kappa shape index (κ2) is 11.8. The van der Waals surface area contributed by atoms with E-state index in [0.717, 1.165) is 0 Å². The van der Waals surface area contributed by atoms with Crippen LogP contribution in [0.2, 0.25) is 0 Å². The summed E-state index contributed by atoms with van der Waals surface area (Å²) < 4.78 is 11.6. The number of carbonyl (C=O) groups excluding carboxylic acids is 2. The van der Waals surface area contributed by atoms with E-state index in [4.69, 9.17) is 9.47 Å². The maximum atomic E-state index is 13.3. The standard InChI is InChI=1S/C27H42O7/c1-7-8-9-10-21-12-11-17(2)24(30)26(5,6)25(31)19(4)13-18(3)22-14-20(28)15-27(32,34-22)16-23(29)33-21/h7-8,11,13,19-22,24,28,30,32H,9-10,12,14-16H2,1-6H3/b8-7+,17-11+,18-13+/t19-,20-,21+,22-,24+,27+/m0/s1. The first-order valence-electron chi connectivity index (χ1n) is 12.2. The Morgan fingerprint density at radius 1 is 1.18 bits per heavy atom. The normalized spacial score (nSPS) is 39.1. The summed E-state index contributed by atoms with van der Waals surface area (Å²) in [7, 11) is 0. The molecular formula is C27H42O7. The largest absolute Gasteiger partial charge is 0.462 e. The number of ether oxygens (including phenoxy) is 2. The van der Waals surface area contributed by atoms with Gasteiger partial charge in [-0.05, 0) is 44.8 Å². The smallest absolute Gasteiger partial charge is 0.311 e. The van der Waals surface area contributed by atoms with E-state index in [2.05, 4.69) is 0 Å². The zero-order valence-corrected chi connectivity index (χ0v) is 21.4. The van der Waals surface area contributed by atoms with Crippen LogP contribution >= 0.6 is 0 Å². The molecule has 2 heterocycles. The van der Waals surface area contributed by atoms with Crippen molar-refractivity contribution in [2.45, 2.75) is 110 Å². The van der Waals surface area contributed by atoms with Crippen LogP contribution in [0.25, 0.3) is 0 Å². The highest BCUT2D eigenvalue weighted by Crippen LogP contribution is 2.36. The molecule has 0 aromatic rings. The number of rotatable bonds is 3. The molecule has 0 spiro atoms. The van der Waals surface area contributed by atoms with Crippen LogP contribution in [0.4, 0.5) is 0 Å². The van der Waals surface area contributed by atoms with E-state index >= 15 is 0 Å². The number of hydrogen-bond acceptors (Lipinski definition) is 7. The van der Waals surface area contributed by atoms with Crippen LogP contribution in [-0.4, -0.2) is 57.3 Å². The topological polar surface area (TPSA) is 113 Å². The van der Waals surface area contributed by atoms with Crippen LogP contribution < -0.4 is 0 Å². The fourth-order valence-electron chi connectivity index (χ4n) is 4.88. The number of cyclic esters (lactones) is 1. The van der Waals surface area contributed by atoms with E-state index in [1.54, 1.807) is 40.7 Å². The number of aliphatic hydroxyl groups is 3. The SMILES string of the molecule is C/C=C/CC[C@@H]1C/C=C(\C)[C@@H](O)C(C)(C)C(=O)[C@@H](C)/C=C(\C)[C@@H]2C[C@H](O)C[C@](O)(CC(=O)O1)O2. The van der Waals surface area contributed by atoms with Crippen LogP contribution in [0.5, 0.6) is 0 Å². The lowest BCUT2D eigenvalue weighted by atomic mass is 9.74. The number of hydrogen-bond donors (Lipinski definition) is 3.